The van der Waals surface area contributed by atoms with Crippen LogP contribution in [0.1, 0.15) is 16.3 Å². The summed E-state index contributed by atoms with van der Waals surface area (Å²) in [6.45, 7) is 1.25. The van der Waals surface area contributed by atoms with Crippen LogP contribution in [-0.2, 0) is 19.1 Å². The molecule has 28 heavy (non-hydrogen) atoms. The van der Waals surface area contributed by atoms with Gasteiger partial charge >= 0.3 is 6.18 Å². The molecule has 2 heterocycles. The molecule has 0 fully saturated rings. The summed E-state index contributed by atoms with van der Waals surface area (Å²) in [6, 6.07) is 5.73. The normalized spacial score (nSPS) is 13.2. The maximum Gasteiger partial charge on any atom is 0.434 e. The number of aromatic nitrogens is 1. The molecule has 1 aliphatic rings. The molecule has 154 valence electrons. The van der Waals surface area contributed by atoms with E-state index in [2.05, 4.69) is 15.3 Å². The van der Waals surface area contributed by atoms with Gasteiger partial charge in [0.1, 0.15) is 0 Å². The molecular formula is C17H20F3IN4O2S. The van der Waals surface area contributed by atoms with Gasteiger partial charge in [0, 0.05) is 39.0 Å². The van der Waals surface area contributed by atoms with Crippen LogP contribution in [0.2, 0.25) is 0 Å². The van der Waals surface area contributed by atoms with Crippen molar-refractivity contribution >= 4 is 41.3 Å². The number of aliphatic imine (C=N–C) groups is 1. The SMILES string of the molecule is CN=C(NCCc1nc(C(F)(F)F)cs1)N(C)Cc1ccc2c(c1)OCO2.I. The number of thiazole rings is 1. The Morgan fingerprint density at radius 2 is 2.07 bits per heavy atom. The zero-order chi connectivity index (χ0) is 19.4. The fourth-order valence-corrected chi connectivity index (χ4v) is 3.41. The molecule has 1 aromatic heterocycles. The highest BCUT2D eigenvalue weighted by molar-refractivity contribution is 14.0. The highest BCUT2D eigenvalue weighted by Crippen LogP contribution is 2.33. The second-order valence-corrected chi connectivity index (χ2v) is 6.83. The van der Waals surface area contributed by atoms with E-state index >= 15 is 0 Å². The zero-order valence-corrected chi connectivity index (χ0v) is 18.4. The number of fused-ring (bicyclic) bond motifs is 1. The molecule has 0 bridgehead atoms. The summed E-state index contributed by atoms with van der Waals surface area (Å²) in [5.74, 6) is 2.08. The standard InChI is InChI=1S/C17H19F3N4O2S.HI/c1-21-16(22-6-5-15-23-14(9-27-15)17(18,19)20)24(2)8-11-3-4-12-13(7-11)26-10-25-12;/h3-4,7,9H,5-6,8,10H2,1-2H3,(H,21,22);1H. The number of hydrogen-bond acceptors (Lipinski definition) is 5. The average molecular weight is 528 g/mol. The number of alkyl halides is 3. The fraction of sp³-hybridized carbons (Fsp3) is 0.412. The van der Waals surface area contributed by atoms with Gasteiger partial charge in [-0.2, -0.15) is 13.2 Å². The molecule has 0 atom stereocenters. The van der Waals surface area contributed by atoms with Crippen molar-refractivity contribution in [3.63, 3.8) is 0 Å². The van der Waals surface area contributed by atoms with Gasteiger partial charge in [-0.3, -0.25) is 4.99 Å². The van der Waals surface area contributed by atoms with Crippen LogP contribution in [0.15, 0.2) is 28.6 Å². The number of halogens is 4. The lowest BCUT2D eigenvalue weighted by atomic mass is 10.2. The van der Waals surface area contributed by atoms with Crippen molar-refractivity contribution in [1.29, 1.82) is 0 Å². The molecule has 1 N–H and O–H groups in total. The van der Waals surface area contributed by atoms with Crippen molar-refractivity contribution in [1.82, 2.24) is 15.2 Å². The summed E-state index contributed by atoms with van der Waals surface area (Å²) in [7, 11) is 3.54. The largest absolute Gasteiger partial charge is 0.454 e. The highest BCUT2D eigenvalue weighted by Gasteiger charge is 2.33. The summed E-state index contributed by atoms with van der Waals surface area (Å²) < 4.78 is 48.4. The van der Waals surface area contributed by atoms with E-state index in [0.717, 1.165) is 28.0 Å². The van der Waals surface area contributed by atoms with Gasteiger partial charge < -0.3 is 19.7 Å². The van der Waals surface area contributed by atoms with Crippen molar-refractivity contribution in [2.45, 2.75) is 19.1 Å². The number of nitrogens with one attached hydrogen (secondary N) is 1. The van der Waals surface area contributed by atoms with E-state index in [1.54, 1.807) is 7.05 Å². The van der Waals surface area contributed by atoms with Crippen LogP contribution in [0, 0.1) is 0 Å². The number of rotatable bonds is 5. The predicted molar refractivity (Wildman–Crippen MR) is 112 cm³/mol. The molecule has 1 aromatic carbocycles. The zero-order valence-electron chi connectivity index (χ0n) is 15.2. The summed E-state index contributed by atoms with van der Waals surface area (Å²) >= 11 is 1.01. The molecule has 3 rings (SSSR count). The monoisotopic (exact) mass is 528 g/mol. The molecule has 0 saturated carbocycles. The molecule has 0 saturated heterocycles. The Labute approximate surface area is 181 Å². The van der Waals surface area contributed by atoms with Gasteiger partial charge in [0.15, 0.2) is 23.2 Å². The van der Waals surface area contributed by atoms with Crippen molar-refractivity contribution in [3.8, 4) is 11.5 Å². The van der Waals surface area contributed by atoms with Gasteiger partial charge in [0.05, 0.1) is 5.01 Å². The summed E-state index contributed by atoms with van der Waals surface area (Å²) in [4.78, 5) is 9.75. The first kappa shape index (κ1) is 22.5. The van der Waals surface area contributed by atoms with E-state index in [9.17, 15) is 13.2 Å². The number of nitrogens with zero attached hydrogens (tertiary/aromatic N) is 3. The second-order valence-electron chi connectivity index (χ2n) is 5.89. The fourth-order valence-electron chi connectivity index (χ4n) is 2.61. The summed E-state index contributed by atoms with van der Waals surface area (Å²) in [6.07, 6.45) is -4.01. The number of ether oxygens (including phenoxy) is 2. The Bertz CT molecular complexity index is 829. The van der Waals surface area contributed by atoms with Gasteiger partial charge in [-0.05, 0) is 17.7 Å². The third-order valence-corrected chi connectivity index (χ3v) is 4.80. The van der Waals surface area contributed by atoms with Gasteiger partial charge in [-0.1, -0.05) is 6.07 Å². The van der Waals surface area contributed by atoms with Gasteiger partial charge in [0.2, 0.25) is 6.79 Å². The van der Waals surface area contributed by atoms with Crippen molar-refractivity contribution in [2.75, 3.05) is 27.4 Å². The van der Waals surface area contributed by atoms with E-state index in [1.807, 2.05) is 30.1 Å². The average Bonchev–Trinajstić information content (AvgIpc) is 3.27. The van der Waals surface area contributed by atoms with E-state index in [-0.39, 0.29) is 30.8 Å². The van der Waals surface area contributed by atoms with Crippen LogP contribution in [0.4, 0.5) is 13.2 Å². The summed E-state index contributed by atoms with van der Waals surface area (Å²) in [5, 5.41) is 4.62. The van der Waals surface area contributed by atoms with E-state index < -0.39 is 11.9 Å². The second kappa shape index (κ2) is 9.63. The van der Waals surface area contributed by atoms with Gasteiger partial charge in [-0.15, -0.1) is 35.3 Å². The molecule has 0 radical (unpaired) electrons. The minimum Gasteiger partial charge on any atom is -0.454 e. The molecule has 0 unspecified atom stereocenters. The quantitative estimate of drug-likeness (QED) is 0.364. The molecule has 1 aliphatic heterocycles. The van der Waals surface area contributed by atoms with E-state index in [1.165, 1.54) is 0 Å². The van der Waals surface area contributed by atoms with Crippen molar-refractivity contribution in [3.05, 3.63) is 39.8 Å². The lowest BCUT2D eigenvalue weighted by Crippen LogP contribution is -2.39. The van der Waals surface area contributed by atoms with Crippen LogP contribution < -0.4 is 14.8 Å². The predicted octanol–water partition coefficient (Wildman–Crippen LogP) is 3.76. The first-order valence-corrected chi connectivity index (χ1v) is 9.06. The van der Waals surface area contributed by atoms with E-state index in [4.69, 9.17) is 9.47 Å². The smallest absolute Gasteiger partial charge is 0.434 e. The lowest BCUT2D eigenvalue weighted by Gasteiger charge is -2.22. The Morgan fingerprint density at radius 1 is 1.32 bits per heavy atom. The molecular weight excluding hydrogens is 508 g/mol. The third-order valence-electron chi connectivity index (χ3n) is 3.89. The Hall–Kier alpha value is -1.76. The molecule has 0 aliphatic carbocycles. The van der Waals surface area contributed by atoms with E-state index in [0.29, 0.717) is 36.2 Å². The molecule has 0 amide bonds. The maximum absolute atomic E-state index is 12.6. The van der Waals surface area contributed by atoms with Crippen LogP contribution in [0.3, 0.4) is 0 Å². The molecule has 11 heteroatoms. The minimum absolute atomic E-state index is 0. The van der Waals surface area contributed by atoms with Crippen molar-refractivity contribution < 1.29 is 22.6 Å². The van der Waals surface area contributed by atoms with Crippen LogP contribution in [0.5, 0.6) is 11.5 Å². The molecule has 0 spiro atoms. The number of guanidine groups is 1. The van der Waals surface area contributed by atoms with Gasteiger partial charge in [0.25, 0.3) is 0 Å². The van der Waals surface area contributed by atoms with Crippen LogP contribution in [-0.4, -0.2) is 43.3 Å². The van der Waals surface area contributed by atoms with Gasteiger partial charge in [-0.25, -0.2) is 4.98 Å². The van der Waals surface area contributed by atoms with Crippen molar-refractivity contribution in [2.24, 2.45) is 4.99 Å². The molecule has 6 nitrogen and oxygen atoms in total. The van der Waals surface area contributed by atoms with Crippen LogP contribution >= 0.6 is 35.3 Å². The lowest BCUT2D eigenvalue weighted by molar-refractivity contribution is -0.140. The minimum atomic E-state index is -4.40. The topological polar surface area (TPSA) is 59.0 Å². The number of hydrogen-bond donors (Lipinski definition) is 1. The Kier molecular flexibility index (Phi) is 7.75. The highest BCUT2D eigenvalue weighted by atomic mass is 127. The third kappa shape index (κ3) is 5.63. The number of benzene rings is 1. The Balaban J connectivity index is 0.00000280. The maximum atomic E-state index is 12.6. The summed E-state index contributed by atoms with van der Waals surface area (Å²) in [5.41, 5.74) is 0.186. The Morgan fingerprint density at radius 3 is 2.75 bits per heavy atom. The first-order valence-electron chi connectivity index (χ1n) is 8.18. The van der Waals surface area contributed by atoms with Crippen LogP contribution in [0.25, 0.3) is 0 Å². The first-order chi connectivity index (χ1) is 12.9. The molecule has 2 aromatic rings.